The normalized spacial score (nSPS) is 10.9. The van der Waals surface area contributed by atoms with Gasteiger partial charge in [0.2, 0.25) is 11.7 Å². The molecule has 0 atom stereocenters. The van der Waals surface area contributed by atoms with Crippen molar-refractivity contribution in [2.45, 2.75) is 26.3 Å². The van der Waals surface area contributed by atoms with E-state index in [1.165, 1.54) is 4.90 Å². The van der Waals surface area contributed by atoms with E-state index >= 15 is 0 Å². The third-order valence-corrected chi connectivity index (χ3v) is 4.51. The van der Waals surface area contributed by atoms with Crippen LogP contribution in [0.25, 0.3) is 11.4 Å². The van der Waals surface area contributed by atoms with Gasteiger partial charge >= 0.3 is 0 Å². The third-order valence-electron chi connectivity index (χ3n) is 4.26. The van der Waals surface area contributed by atoms with Gasteiger partial charge in [0.05, 0.1) is 6.54 Å². The van der Waals surface area contributed by atoms with Crippen molar-refractivity contribution in [2.75, 3.05) is 13.7 Å². The quantitative estimate of drug-likeness (QED) is 0.583. The highest BCUT2D eigenvalue weighted by Gasteiger charge is 2.16. The molecule has 0 saturated heterocycles. The number of benzene rings is 2. The molecule has 0 aliphatic rings. The molecule has 1 aromatic heterocycles. The second-order valence-electron chi connectivity index (χ2n) is 6.75. The number of carbonyl (C=O) groups excluding carboxylic acids is 1. The van der Waals surface area contributed by atoms with Crippen LogP contribution in [0.5, 0.6) is 5.75 Å². The van der Waals surface area contributed by atoms with Crippen LogP contribution in [0, 0.1) is 0 Å². The lowest BCUT2D eigenvalue weighted by atomic mass is 10.0. The van der Waals surface area contributed by atoms with E-state index < -0.39 is 0 Å². The second-order valence-corrected chi connectivity index (χ2v) is 7.19. The number of halogens is 1. The first-order chi connectivity index (χ1) is 13.4. The number of hydrogen-bond acceptors (Lipinski definition) is 5. The molecule has 0 unspecified atom stereocenters. The predicted molar refractivity (Wildman–Crippen MR) is 107 cm³/mol. The van der Waals surface area contributed by atoms with Crippen molar-refractivity contribution in [1.29, 1.82) is 0 Å². The fourth-order valence-corrected chi connectivity index (χ4v) is 2.79. The number of likely N-dealkylation sites (N-methyl/N-ethyl adjacent to an activating group) is 1. The third kappa shape index (κ3) is 4.89. The molecule has 0 aliphatic heterocycles. The molecule has 2 aromatic carbocycles. The predicted octanol–water partition coefficient (Wildman–Crippen LogP) is 4.55. The fourth-order valence-electron chi connectivity index (χ4n) is 2.66. The summed E-state index contributed by atoms with van der Waals surface area (Å²) in [5.41, 5.74) is 1.87. The summed E-state index contributed by atoms with van der Waals surface area (Å²) in [7, 11) is 1.67. The molecule has 7 heteroatoms. The highest BCUT2D eigenvalue weighted by atomic mass is 35.5. The molecule has 0 radical (unpaired) electrons. The number of nitrogens with zero attached hydrogens (tertiary/aromatic N) is 3. The van der Waals surface area contributed by atoms with Crippen molar-refractivity contribution in [3.05, 3.63) is 65.0 Å². The van der Waals surface area contributed by atoms with Gasteiger partial charge in [0.15, 0.2) is 6.61 Å². The van der Waals surface area contributed by atoms with Gasteiger partial charge in [0.1, 0.15) is 5.75 Å². The van der Waals surface area contributed by atoms with Gasteiger partial charge in [-0.3, -0.25) is 4.79 Å². The number of aromatic nitrogens is 2. The summed E-state index contributed by atoms with van der Waals surface area (Å²) in [6.07, 6.45) is 0. The molecule has 146 valence electrons. The second kappa shape index (κ2) is 8.89. The van der Waals surface area contributed by atoms with Crippen LogP contribution >= 0.6 is 11.6 Å². The van der Waals surface area contributed by atoms with Crippen LogP contribution in [0.1, 0.15) is 31.2 Å². The molecule has 0 spiro atoms. The molecule has 0 bridgehead atoms. The van der Waals surface area contributed by atoms with Gasteiger partial charge in [-0.05, 0) is 41.8 Å². The Morgan fingerprint density at radius 1 is 1.18 bits per heavy atom. The summed E-state index contributed by atoms with van der Waals surface area (Å²) in [5.74, 6) is 1.67. The topological polar surface area (TPSA) is 68.5 Å². The Morgan fingerprint density at radius 2 is 1.89 bits per heavy atom. The van der Waals surface area contributed by atoms with Gasteiger partial charge < -0.3 is 14.2 Å². The molecule has 1 amide bonds. The molecular weight excluding hydrogens is 378 g/mol. The number of hydrogen-bond donors (Lipinski definition) is 0. The minimum absolute atomic E-state index is 0.0571. The molecule has 0 fully saturated rings. The van der Waals surface area contributed by atoms with Gasteiger partial charge in [-0.2, -0.15) is 4.98 Å². The largest absolute Gasteiger partial charge is 0.483 e. The fraction of sp³-hybridized carbons (Fsp3) is 0.286. The molecule has 1 heterocycles. The Bertz CT molecular complexity index is 938. The van der Waals surface area contributed by atoms with E-state index in [-0.39, 0.29) is 19.1 Å². The van der Waals surface area contributed by atoms with Gasteiger partial charge in [-0.1, -0.05) is 48.8 Å². The maximum absolute atomic E-state index is 12.4. The monoisotopic (exact) mass is 399 g/mol. The lowest BCUT2D eigenvalue weighted by molar-refractivity contribution is -0.132. The molecule has 0 saturated carbocycles. The Labute approximate surface area is 169 Å². The van der Waals surface area contributed by atoms with E-state index in [2.05, 4.69) is 24.0 Å². The van der Waals surface area contributed by atoms with E-state index in [4.69, 9.17) is 20.9 Å². The molecule has 0 aliphatic carbocycles. The van der Waals surface area contributed by atoms with Crippen molar-refractivity contribution in [3.8, 4) is 17.1 Å². The summed E-state index contributed by atoms with van der Waals surface area (Å²) >= 11 is 5.89. The molecule has 3 aromatic rings. The van der Waals surface area contributed by atoms with Gasteiger partial charge in [-0.15, -0.1) is 0 Å². The zero-order valence-corrected chi connectivity index (χ0v) is 16.8. The summed E-state index contributed by atoms with van der Waals surface area (Å²) in [4.78, 5) is 18.2. The van der Waals surface area contributed by atoms with Crippen molar-refractivity contribution in [2.24, 2.45) is 0 Å². The van der Waals surface area contributed by atoms with E-state index in [1.54, 1.807) is 19.2 Å². The van der Waals surface area contributed by atoms with Crippen LogP contribution in [-0.4, -0.2) is 34.6 Å². The average molecular weight is 400 g/mol. The number of para-hydroxylation sites is 1. The Balaban J connectivity index is 1.58. The molecule has 3 rings (SSSR count). The number of amides is 1. The Hall–Kier alpha value is -2.86. The van der Waals surface area contributed by atoms with E-state index in [1.807, 2.05) is 36.4 Å². The van der Waals surface area contributed by atoms with E-state index in [0.717, 1.165) is 16.9 Å². The maximum Gasteiger partial charge on any atom is 0.260 e. The van der Waals surface area contributed by atoms with Crippen LogP contribution < -0.4 is 4.74 Å². The van der Waals surface area contributed by atoms with Crippen LogP contribution in [0.4, 0.5) is 0 Å². The smallest absolute Gasteiger partial charge is 0.260 e. The first kappa shape index (κ1) is 19.9. The van der Waals surface area contributed by atoms with Crippen molar-refractivity contribution in [1.82, 2.24) is 15.0 Å². The number of rotatable bonds is 7. The molecule has 6 nitrogen and oxygen atoms in total. The SMILES string of the molecule is CC(C)c1ccccc1OCC(=O)N(C)Cc1nc(-c2ccc(Cl)cc2)no1. The highest BCUT2D eigenvalue weighted by molar-refractivity contribution is 6.30. The average Bonchev–Trinajstić information content (AvgIpc) is 3.15. The first-order valence-electron chi connectivity index (χ1n) is 8.98. The molecular formula is C21H22ClN3O3. The van der Waals surface area contributed by atoms with Crippen LogP contribution in [0.2, 0.25) is 5.02 Å². The minimum Gasteiger partial charge on any atom is -0.483 e. The Morgan fingerprint density at radius 3 is 2.61 bits per heavy atom. The first-order valence-corrected chi connectivity index (χ1v) is 9.36. The summed E-state index contributed by atoms with van der Waals surface area (Å²) < 4.78 is 11.0. The van der Waals surface area contributed by atoms with Crippen LogP contribution in [-0.2, 0) is 11.3 Å². The van der Waals surface area contributed by atoms with E-state index in [0.29, 0.717) is 22.7 Å². The molecule has 0 N–H and O–H groups in total. The zero-order valence-electron chi connectivity index (χ0n) is 16.1. The van der Waals surface area contributed by atoms with Crippen molar-refractivity contribution in [3.63, 3.8) is 0 Å². The number of carbonyl (C=O) groups is 1. The van der Waals surface area contributed by atoms with Crippen molar-refractivity contribution >= 4 is 17.5 Å². The summed E-state index contributed by atoms with van der Waals surface area (Å²) in [5, 5.41) is 4.59. The van der Waals surface area contributed by atoms with Gasteiger partial charge in [-0.25, -0.2) is 0 Å². The summed E-state index contributed by atoms with van der Waals surface area (Å²) in [6.45, 7) is 4.32. The van der Waals surface area contributed by atoms with Gasteiger partial charge in [0, 0.05) is 17.6 Å². The number of ether oxygens (including phenoxy) is 1. The van der Waals surface area contributed by atoms with Crippen molar-refractivity contribution < 1.29 is 14.1 Å². The summed E-state index contributed by atoms with van der Waals surface area (Å²) in [6, 6.07) is 14.9. The van der Waals surface area contributed by atoms with Crippen LogP contribution in [0.3, 0.4) is 0 Å². The maximum atomic E-state index is 12.4. The highest BCUT2D eigenvalue weighted by Crippen LogP contribution is 2.26. The van der Waals surface area contributed by atoms with Crippen LogP contribution in [0.15, 0.2) is 53.1 Å². The Kier molecular flexibility index (Phi) is 6.31. The van der Waals surface area contributed by atoms with Gasteiger partial charge in [0.25, 0.3) is 5.91 Å². The lowest BCUT2D eigenvalue weighted by Gasteiger charge is -2.17. The van der Waals surface area contributed by atoms with E-state index in [9.17, 15) is 4.79 Å². The lowest BCUT2D eigenvalue weighted by Crippen LogP contribution is -2.31. The zero-order chi connectivity index (χ0) is 20.1. The minimum atomic E-state index is -0.176. The molecule has 28 heavy (non-hydrogen) atoms. The standard InChI is InChI=1S/C21H22ClN3O3/c1-14(2)17-6-4-5-7-18(17)27-13-20(26)25(3)12-19-23-21(24-28-19)15-8-10-16(22)11-9-15/h4-11,14H,12-13H2,1-3H3.